The van der Waals surface area contributed by atoms with Crippen LogP contribution in [0.25, 0.3) is 0 Å². The maximum atomic E-state index is 10.6. The van der Waals surface area contributed by atoms with Crippen molar-refractivity contribution in [2.75, 3.05) is 6.61 Å². The number of non-ortho nitro benzene ring substituents is 1. The highest BCUT2D eigenvalue weighted by atomic mass is 35.5. The monoisotopic (exact) mass is 279 g/mol. The predicted octanol–water partition coefficient (Wildman–Crippen LogP) is 2.66. The van der Waals surface area contributed by atoms with E-state index in [1.54, 1.807) is 12.1 Å². The molecule has 0 aliphatic heterocycles. The van der Waals surface area contributed by atoms with Crippen molar-refractivity contribution in [2.45, 2.75) is 6.42 Å². The van der Waals surface area contributed by atoms with Gasteiger partial charge in [0.25, 0.3) is 5.69 Å². The molecule has 0 aliphatic rings. The molecular weight excluding hydrogens is 270 g/mol. The summed E-state index contributed by atoms with van der Waals surface area (Å²) in [4.78, 5) is 18.0. The van der Waals surface area contributed by atoms with Crippen LogP contribution in [0.2, 0.25) is 5.15 Å². The van der Waals surface area contributed by atoms with Crippen LogP contribution in [-0.4, -0.2) is 21.5 Å². The van der Waals surface area contributed by atoms with Crippen molar-refractivity contribution in [3.05, 3.63) is 57.5 Å². The molecule has 0 spiro atoms. The zero-order chi connectivity index (χ0) is 13.7. The zero-order valence-electron chi connectivity index (χ0n) is 9.82. The van der Waals surface area contributed by atoms with E-state index in [9.17, 15) is 10.1 Å². The average molecular weight is 280 g/mol. The molecule has 19 heavy (non-hydrogen) atoms. The normalized spacial score (nSPS) is 10.2. The number of ether oxygens (including phenoxy) is 1. The Morgan fingerprint density at radius 3 is 2.95 bits per heavy atom. The Labute approximate surface area is 114 Å². The molecule has 0 N–H and O–H groups in total. The fourth-order valence-electron chi connectivity index (χ4n) is 1.49. The molecule has 0 radical (unpaired) electrons. The molecule has 1 aromatic heterocycles. The number of hydrogen-bond donors (Lipinski definition) is 0. The van der Waals surface area contributed by atoms with E-state index >= 15 is 0 Å². The fourth-order valence-corrected chi connectivity index (χ4v) is 1.63. The summed E-state index contributed by atoms with van der Waals surface area (Å²) in [6.45, 7) is 0.343. The summed E-state index contributed by atoms with van der Waals surface area (Å²) in [5.41, 5.74) is 0.893. The van der Waals surface area contributed by atoms with Gasteiger partial charge in [-0.15, -0.1) is 0 Å². The summed E-state index contributed by atoms with van der Waals surface area (Å²) in [6.07, 6.45) is 3.41. The summed E-state index contributed by atoms with van der Waals surface area (Å²) in [5, 5.41) is 10.9. The number of hydrogen-bond acceptors (Lipinski definition) is 5. The molecule has 0 fully saturated rings. The predicted molar refractivity (Wildman–Crippen MR) is 69.3 cm³/mol. The highest BCUT2D eigenvalue weighted by Crippen LogP contribution is 2.14. The molecule has 0 amide bonds. The summed E-state index contributed by atoms with van der Waals surface area (Å²) < 4.78 is 5.36. The molecule has 0 atom stereocenters. The Balaban J connectivity index is 1.92. The van der Waals surface area contributed by atoms with E-state index in [4.69, 9.17) is 16.3 Å². The first-order chi connectivity index (χ1) is 9.15. The van der Waals surface area contributed by atoms with Crippen LogP contribution in [0.15, 0.2) is 36.7 Å². The molecule has 0 bridgehead atoms. The lowest BCUT2D eigenvalue weighted by Gasteiger charge is -2.04. The van der Waals surface area contributed by atoms with E-state index in [1.165, 1.54) is 24.5 Å². The van der Waals surface area contributed by atoms with Gasteiger partial charge in [0, 0.05) is 18.6 Å². The molecule has 0 unspecified atom stereocenters. The number of benzene rings is 1. The SMILES string of the molecule is O=[N+]([O-])c1cccc(CCOc2cncc(Cl)n2)c1. The smallest absolute Gasteiger partial charge is 0.269 e. The summed E-state index contributed by atoms with van der Waals surface area (Å²) in [5.74, 6) is 0.331. The first-order valence-corrected chi connectivity index (χ1v) is 5.86. The van der Waals surface area contributed by atoms with Crippen molar-refractivity contribution in [1.29, 1.82) is 0 Å². The van der Waals surface area contributed by atoms with Crippen molar-refractivity contribution in [1.82, 2.24) is 9.97 Å². The van der Waals surface area contributed by atoms with E-state index in [0.29, 0.717) is 18.9 Å². The summed E-state index contributed by atoms with van der Waals surface area (Å²) in [7, 11) is 0. The number of halogens is 1. The Morgan fingerprint density at radius 2 is 2.21 bits per heavy atom. The average Bonchev–Trinajstić information content (AvgIpc) is 2.39. The number of nitro groups is 1. The van der Waals surface area contributed by atoms with E-state index in [-0.39, 0.29) is 10.8 Å². The first kappa shape index (κ1) is 13.2. The molecule has 1 heterocycles. The van der Waals surface area contributed by atoms with Gasteiger partial charge in [-0.2, -0.15) is 4.98 Å². The molecule has 6 nitrogen and oxygen atoms in total. The minimum absolute atomic E-state index is 0.0695. The molecule has 0 saturated heterocycles. The Bertz CT molecular complexity index is 592. The van der Waals surface area contributed by atoms with Gasteiger partial charge in [0.1, 0.15) is 0 Å². The number of nitrogens with zero attached hydrogens (tertiary/aromatic N) is 3. The fraction of sp³-hybridized carbons (Fsp3) is 0.167. The second-order valence-corrected chi connectivity index (χ2v) is 4.09. The second kappa shape index (κ2) is 6.10. The molecule has 2 aromatic rings. The van der Waals surface area contributed by atoms with Gasteiger partial charge in [0.15, 0.2) is 5.15 Å². The third kappa shape index (κ3) is 3.89. The van der Waals surface area contributed by atoms with E-state index in [2.05, 4.69) is 9.97 Å². The number of nitro benzene ring substituents is 1. The molecule has 7 heteroatoms. The van der Waals surface area contributed by atoms with Gasteiger partial charge in [-0.3, -0.25) is 15.1 Å². The van der Waals surface area contributed by atoms with Crippen LogP contribution in [-0.2, 0) is 6.42 Å². The van der Waals surface area contributed by atoms with E-state index < -0.39 is 4.92 Å². The van der Waals surface area contributed by atoms with Gasteiger partial charge < -0.3 is 4.74 Å². The lowest BCUT2D eigenvalue weighted by Crippen LogP contribution is -2.03. The maximum Gasteiger partial charge on any atom is 0.269 e. The standard InChI is InChI=1S/C12H10ClN3O3/c13-11-7-14-8-12(15-11)19-5-4-9-2-1-3-10(6-9)16(17)18/h1-3,6-8H,4-5H2. The lowest BCUT2D eigenvalue weighted by molar-refractivity contribution is -0.384. The maximum absolute atomic E-state index is 10.6. The third-order valence-electron chi connectivity index (χ3n) is 2.35. The van der Waals surface area contributed by atoms with Crippen molar-refractivity contribution in [2.24, 2.45) is 0 Å². The van der Waals surface area contributed by atoms with Crippen LogP contribution in [0.3, 0.4) is 0 Å². The van der Waals surface area contributed by atoms with Crippen molar-refractivity contribution >= 4 is 17.3 Å². The van der Waals surface area contributed by atoms with Crippen LogP contribution in [0.5, 0.6) is 5.88 Å². The largest absolute Gasteiger partial charge is 0.476 e. The molecule has 0 saturated carbocycles. The van der Waals surface area contributed by atoms with Gasteiger partial charge in [-0.25, -0.2) is 0 Å². The zero-order valence-corrected chi connectivity index (χ0v) is 10.6. The summed E-state index contributed by atoms with van der Waals surface area (Å²) in [6, 6.07) is 6.42. The molecule has 2 rings (SSSR count). The van der Waals surface area contributed by atoms with E-state index in [1.807, 2.05) is 0 Å². The summed E-state index contributed by atoms with van der Waals surface area (Å²) >= 11 is 5.67. The third-order valence-corrected chi connectivity index (χ3v) is 2.53. The Kier molecular flexibility index (Phi) is 4.25. The minimum Gasteiger partial charge on any atom is -0.476 e. The van der Waals surface area contributed by atoms with Gasteiger partial charge in [0.05, 0.1) is 23.9 Å². The van der Waals surface area contributed by atoms with Crippen LogP contribution in [0, 0.1) is 10.1 Å². The highest BCUT2D eigenvalue weighted by molar-refractivity contribution is 6.29. The van der Waals surface area contributed by atoms with Gasteiger partial charge >= 0.3 is 0 Å². The van der Waals surface area contributed by atoms with Crippen molar-refractivity contribution in [3.8, 4) is 5.88 Å². The number of aromatic nitrogens is 2. The Hall–Kier alpha value is -2.21. The number of rotatable bonds is 5. The van der Waals surface area contributed by atoms with Gasteiger partial charge in [0.2, 0.25) is 5.88 Å². The minimum atomic E-state index is -0.424. The van der Waals surface area contributed by atoms with Crippen LogP contribution < -0.4 is 4.74 Å². The topological polar surface area (TPSA) is 78.2 Å². The molecule has 98 valence electrons. The first-order valence-electron chi connectivity index (χ1n) is 5.49. The van der Waals surface area contributed by atoms with Crippen molar-refractivity contribution in [3.63, 3.8) is 0 Å². The van der Waals surface area contributed by atoms with E-state index in [0.717, 1.165) is 5.56 Å². The van der Waals surface area contributed by atoms with Crippen molar-refractivity contribution < 1.29 is 9.66 Å². The van der Waals surface area contributed by atoms with Crippen LogP contribution >= 0.6 is 11.6 Å². The van der Waals surface area contributed by atoms with Gasteiger partial charge in [-0.05, 0) is 5.56 Å². The quantitative estimate of drug-likeness (QED) is 0.621. The Morgan fingerprint density at radius 1 is 1.37 bits per heavy atom. The van der Waals surface area contributed by atoms with Crippen LogP contribution in [0.4, 0.5) is 5.69 Å². The van der Waals surface area contributed by atoms with Crippen LogP contribution in [0.1, 0.15) is 5.56 Å². The molecule has 1 aromatic carbocycles. The molecular formula is C12H10ClN3O3. The lowest BCUT2D eigenvalue weighted by atomic mass is 10.1. The second-order valence-electron chi connectivity index (χ2n) is 3.71. The molecule has 0 aliphatic carbocycles. The highest BCUT2D eigenvalue weighted by Gasteiger charge is 2.05. The van der Waals surface area contributed by atoms with Gasteiger partial charge in [-0.1, -0.05) is 23.7 Å².